The fourth-order valence-corrected chi connectivity index (χ4v) is 2.23. The molecule has 0 aliphatic heterocycles. The zero-order valence-corrected chi connectivity index (χ0v) is 11.1. The monoisotopic (exact) mass is 267 g/mol. The lowest BCUT2D eigenvalue weighted by molar-refractivity contribution is -0.138. The molecule has 0 aliphatic rings. The summed E-state index contributed by atoms with van der Waals surface area (Å²) in [7, 11) is 0. The van der Waals surface area contributed by atoms with Crippen molar-refractivity contribution in [2.24, 2.45) is 5.92 Å². The lowest BCUT2D eigenvalue weighted by Gasteiger charge is -2.21. The fraction of sp³-hybridized carbons (Fsp3) is 0.385. The minimum Gasteiger partial charge on any atom is -0.480 e. The van der Waals surface area contributed by atoms with Gasteiger partial charge in [-0.1, -0.05) is 37.3 Å². The summed E-state index contributed by atoms with van der Waals surface area (Å²) in [6.45, 7) is 1.58. The van der Waals surface area contributed by atoms with Gasteiger partial charge in [0.05, 0.1) is 5.92 Å². The Balaban J connectivity index is 2.71. The quantitative estimate of drug-likeness (QED) is 0.685. The van der Waals surface area contributed by atoms with Crippen LogP contribution in [0.5, 0.6) is 0 Å². The van der Waals surface area contributed by atoms with Crippen LogP contribution in [0.2, 0.25) is 0 Å². The average Bonchev–Trinajstić information content (AvgIpc) is 2.38. The predicted octanol–water partition coefficient (Wildman–Crippen LogP) is 1.54. The molecule has 2 atom stereocenters. The van der Waals surface area contributed by atoms with Crippen LogP contribution in [0.1, 0.15) is 18.4 Å². The summed E-state index contributed by atoms with van der Waals surface area (Å²) in [6.07, 6.45) is 0. The van der Waals surface area contributed by atoms with Crippen molar-refractivity contribution in [2.45, 2.75) is 12.8 Å². The molecule has 0 radical (unpaired) electrons. The summed E-state index contributed by atoms with van der Waals surface area (Å²) in [6, 6.07) is 9.64. The van der Waals surface area contributed by atoms with E-state index in [1.165, 1.54) is 0 Å². The molecule has 0 saturated carbocycles. The van der Waals surface area contributed by atoms with Gasteiger partial charge in [-0.05, 0) is 11.5 Å². The summed E-state index contributed by atoms with van der Waals surface area (Å²) in [5, 5.41) is 10.9. The van der Waals surface area contributed by atoms with E-state index in [4.69, 9.17) is 5.11 Å². The molecule has 0 heterocycles. The van der Waals surface area contributed by atoms with Crippen LogP contribution >= 0.6 is 12.6 Å². The van der Waals surface area contributed by atoms with Gasteiger partial charge in [0.25, 0.3) is 0 Å². The Morgan fingerprint density at radius 2 is 1.94 bits per heavy atom. The van der Waals surface area contributed by atoms with E-state index < -0.39 is 5.97 Å². The smallest absolute Gasteiger partial charge is 0.322 e. The SMILES string of the molecule is C[C@H](c1ccccc1)[C@@H](CS)C(=O)NCC(=O)O. The number of hydrogen-bond donors (Lipinski definition) is 3. The Kier molecular flexibility index (Phi) is 5.71. The predicted molar refractivity (Wildman–Crippen MR) is 72.8 cm³/mol. The first-order valence-corrected chi connectivity index (χ1v) is 6.34. The summed E-state index contributed by atoms with van der Waals surface area (Å²) in [5.41, 5.74) is 1.04. The van der Waals surface area contributed by atoms with Crippen molar-refractivity contribution in [1.29, 1.82) is 0 Å². The van der Waals surface area contributed by atoms with Crippen molar-refractivity contribution >= 4 is 24.5 Å². The van der Waals surface area contributed by atoms with Crippen LogP contribution in [0.3, 0.4) is 0 Å². The number of rotatable bonds is 6. The molecule has 5 heteroatoms. The van der Waals surface area contributed by atoms with Crippen LogP contribution < -0.4 is 5.32 Å². The van der Waals surface area contributed by atoms with Gasteiger partial charge in [-0.15, -0.1) is 0 Å². The Morgan fingerprint density at radius 1 is 1.33 bits per heavy atom. The van der Waals surface area contributed by atoms with Crippen LogP contribution in [0.25, 0.3) is 0 Å². The van der Waals surface area contributed by atoms with E-state index in [9.17, 15) is 9.59 Å². The molecule has 0 fully saturated rings. The average molecular weight is 267 g/mol. The number of carboxylic acid groups (broad SMARTS) is 1. The second kappa shape index (κ2) is 7.06. The number of carbonyl (C=O) groups is 2. The lowest BCUT2D eigenvalue weighted by Crippen LogP contribution is -2.37. The van der Waals surface area contributed by atoms with Crippen molar-refractivity contribution in [3.8, 4) is 0 Å². The van der Waals surface area contributed by atoms with E-state index >= 15 is 0 Å². The van der Waals surface area contributed by atoms with E-state index in [0.717, 1.165) is 5.56 Å². The Morgan fingerprint density at radius 3 is 2.44 bits per heavy atom. The van der Waals surface area contributed by atoms with Gasteiger partial charge in [0.15, 0.2) is 0 Å². The van der Waals surface area contributed by atoms with Crippen LogP contribution in [0.15, 0.2) is 30.3 Å². The number of carbonyl (C=O) groups excluding carboxylic acids is 1. The second-order valence-electron chi connectivity index (χ2n) is 4.10. The molecule has 1 aromatic rings. The molecular weight excluding hydrogens is 250 g/mol. The summed E-state index contributed by atoms with van der Waals surface area (Å²) in [4.78, 5) is 22.3. The van der Waals surface area contributed by atoms with Crippen LogP contribution in [-0.2, 0) is 9.59 Å². The minimum atomic E-state index is -1.05. The van der Waals surface area contributed by atoms with Gasteiger partial charge >= 0.3 is 5.97 Å². The van der Waals surface area contributed by atoms with Crippen molar-refractivity contribution in [3.05, 3.63) is 35.9 Å². The van der Waals surface area contributed by atoms with Gasteiger partial charge in [0, 0.05) is 5.75 Å². The molecule has 18 heavy (non-hydrogen) atoms. The van der Waals surface area contributed by atoms with Crippen molar-refractivity contribution in [3.63, 3.8) is 0 Å². The lowest BCUT2D eigenvalue weighted by atomic mass is 9.88. The highest BCUT2D eigenvalue weighted by atomic mass is 32.1. The third-order valence-corrected chi connectivity index (χ3v) is 3.27. The second-order valence-corrected chi connectivity index (χ2v) is 4.47. The van der Waals surface area contributed by atoms with Crippen LogP contribution in [0, 0.1) is 5.92 Å². The normalized spacial score (nSPS) is 13.7. The van der Waals surface area contributed by atoms with Crippen LogP contribution in [-0.4, -0.2) is 29.3 Å². The molecule has 4 nitrogen and oxygen atoms in total. The van der Waals surface area contributed by atoms with E-state index in [1.807, 2.05) is 37.3 Å². The van der Waals surface area contributed by atoms with E-state index in [-0.39, 0.29) is 24.3 Å². The maximum Gasteiger partial charge on any atom is 0.322 e. The largest absolute Gasteiger partial charge is 0.480 e. The number of carboxylic acids is 1. The Bertz CT molecular complexity index is 408. The molecule has 0 saturated heterocycles. The zero-order chi connectivity index (χ0) is 13.5. The first-order valence-electron chi connectivity index (χ1n) is 5.71. The number of benzene rings is 1. The van der Waals surface area contributed by atoms with E-state index in [2.05, 4.69) is 17.9 Å². The van der Waals surface area contributed by atoms with Gasteiger partial charge in [-0.25, -0.2) is 0 Å². The molecule has 0 unspecified atom stereocenters. The Hall–Kier alpha value is -1.49. The standard InChI is InChI=1S/C13H17NO3S/c1-9(10-5-3-2-4-6-10)11(8-18)13(17)14-7-12(15)16/h2-6,9,11,18H,7-8H2,1H3,(H,14,17)(H,15,16)/t9-,11-/m1/s1. The van der Waals surface area contributed by atoms with E-state index in [0.29, 0.717) is 5.75 Å². The number of nitrogens with one attached hydrogen (secondary N) is 1. The Labute approximate surface area is 112 Å². The zero-order valence-electron chi connectivity index (χ0n) is 10.2. The van der Waals surface area contributed by atoms with Gasteiger partial charge in [0.1, 0.15) is 6.54 Å². The highest BCUT2D eigenvalue weighted by molar-refractivity contribution is 7.80. The third kappa shape index (κ3) is 4.07. The first kappa shape index (κ1) is 14.6. The van der Waals surface area contributed by atoms with Crippen LogP contribution in [0.4, 0.5) is 0 Å². The topological polar surface area (TPSA) is 66.4 Å². The number of thiol groups is 1. The molecule has 0 bridgehead atoms. The molecule has 2 N–H and O–H groups in total. The molecule has 1 aromatic carbocycles. The molecule has 98 valence electrons. The maximum absolute atomic E-state index is 11.9. The summed E-state index contributed by atoms with van der Waals surface area (Å²) in [5.74, 6) is -1.29. The highest BCUT2D eigenvalue weighted by Crippen LogP contribution is 2.25. The number of hydrogen-bond acceptors (Lipinski definition) is 3. The molecule has 1 rings (SSSR count). The molecule has 0 aliphatic carbocycles. The number of amides is 1. The third-order valence-electron chi connectivity index (χ3n) is 2.88. The van der Waals surface area contributed by atoms with Gasteiger partial charge in [0.2, 0.25) is 5.91 Å². The summed E-state index contributed by atoms with van der Waals surface area (Å²) < 4.78 is 0. The van der Waals surface area contributed by atoms with Crippen molar-refractivity contribution in [2.75, 3.05) is 12.3 Å². The minimum absolute atomic E-state index is 0.00232. The van der Waals surface area contributed by atoms with E-state index in [1.54, 1.807) is 0 Å². The summed E-state index contributed by atoms with van der Waals surface area (Å²) >= 11 is 4.18. The van der Waals surface area contributed by atoms with Gasteiger partial charge in [-0.3, -0.25) is 9.59 Å². The molecule has 0 spiro atoms. The first-order chi connectivity index (χ1) is 8.56. The fourth-order valence-electron chi connectivity index (χ4n) is 1.75. The van der Waals surface area contributed by atoms with Crippen molar-refractivity contribution in [1.82, 2.24) is 5.32 Å². The van der Waals surface area contributed by atoms with Gasteiger partial charge in [-0.2, -0.15) is 12.6 Å². The van der Waals surface area contributed by atoms with Gasteiger partial charge < -0.3 is 10.4 Å². The molecule has 0 aromatic heterocycles. The highest BCUT2D eigenvalue weighted by Gasteiger charge is 2.25. The number of aliphatic carboxylic acids is 1. The molecular formula is C13H17NO3S. The van der Waals surface area contributed by atoms with Crippen molar-refractivity contribution < 1.29 is 14.7 Å². The maximum atomic E-state index is 11.9. The molecule has 1 amide bonds.